The van der Waals surface area contributed by atoms with Gasteiger partial charge in [-0.1, -0.05) is 6.07 Å². The Morgan fingerprint density at radius 3 is 3.04 bits per heavy atom. The Bertz CT molecular complexity index is 1030. The molecule has 144 valence electrons. The second-order valence-electron chi connectivity index (χ2n) is 6.63. The lowest BCUT2D eigenvalue weighted by Crippen LogP contribution is -2.37. The summed E-state index contributed by atoms with van der Waals surface area (Å²) < 4.78 is 1.22. The van der Waals surface area contributed by atoms with E-state index in [4.69, 9.17) is 0 Å². The summed E-state index contributed by atoms with van der Waals surface area (Å²) in [6.45, 7) is 2.38. The molecule has 4 rings (SSSR count). The highest BCUT2D eigenvalue weighted by atomic mass is 32.1. The number of likely N-dealkylation sites (tertiary alicyclic amines) is 1. The highest BCUT2D eigenvalue weighted by molar-refractivity contribution is 7.13. The minimum Gasteiger partial charge on any atom is -0.332 e. The molecule has 1 aliphatic rings. The zero-order valence-corrected chi connectivity index (χ0v) is 16.2. The summed E-state index contributed by atoms with van der Waals surface area (Å²) >= 11 is 1.50. The number of nitrogens with one attached hydrogen (secondary N) is 1. The Morgan fingerprint density at radius 1 is 1.32 bits per heavy atom. The van der Waals surface area contributed by atoms with Crippen molar-refractivity contribution in [3.05, 3.63) is 63.7 Å². The van der Waals surface area contributed by atoms with E-state index in [9.17, 15) is 9.59 Å². The van der Waals surface area contributed by atoms with Gasteiger partial charge in [-0.05, 0) is 38.0 Å². The molecule has 1 saturated heterocycles. The van der Waals surface area contributed by atoms with E-state index >= 15 is 0 Å². The van der Waals surface area contributed by atoms with Crippen molar-refractivity contribution in [3.63, 3.8) is 0 Å². The molecule has 9 heteroatoms. The molecule has 0 aromatic carbocycles. The van der Waals surface area contributed by atoms with Crippen LogP contribution in [-0.2, 0) is 11.3 Å². The van der Waals surface area contributed by atoms with E-state index in [0.29, 0.717) is 18.1 Å². The molecule has 0 aliphatic carbocycles. The van der Waals surface area contributed by atoms with Gasteiger partial charge in [0.05, 0.1) is 17.4 Å². The number of carbonyl (C=O) groups excluding carboxylic acids is 1. The van der Waals surface area contributed by atoms with Gasteiger partial charge in [0, 0.05) is 24.2 Å². The van der Waals surface area contributed by atoms with Crippen LogP contribution in [0.15, 0.2) is 46.7 Å². The number of amides is 1. The molecular weight excluding hydrogens is 376 g/mol. The van der Waals surface area contributed by atoms with Crippen molar-refractivity contribution in [1.82, 2.24) is 24.6 Å². The van der Waals surface area contributed by atoms with Crippen LogP contribution >= 0.6 is 11.3 Å². The monoisotopic (exact) mass is 396 g/mol. The number of hydrogen-bond donors (Lipinski definition) is 1. The van der Waals surface area contributed by atoms with Gasteiger partial charge < -0.3 is 10.2 Å². The number of hydrogen-bond acceptors (Lipinski definition) is 7. The zero-order valence-electron chi connectivity index (χ0n) is 15.4. The fourth-order valence-corrected chi connectivity index (χ4v) is 3.89. The Morgan fingerprint density at radius 2 is 2.21 bits per heavy atom. The molecule has 1 atom stereocenters. The van der Waals surface area contributed by atoms with Crippen molar-refractivity contribution in [2.24, 2.45) is 0 Å². The molecule has 1 fully saturated rings. The number of carbonyl (C=O) groups is 1. The fourth-order valence-electron chi connectivity index (χ4n) is 3.36. The van der Waals surface area contributed by atoms with E-state index in [0.717, 1.165) is 23.7 Å². The summed E-state index contributed by atoms with van der Waals surface area (Å²) in [5, 5.41) is 10.0. The highest BCUT2D eigenvalue weighted by Crippen LogP contribution is 2.32. The summed E-state index contributed by atoms with van der Waals surface area (Å²) in [4.78, 5) is 35.5. The molecular formula is C19H20N6O2S. The first-order valence-corrected chi connectivity index (χ1v) is 9.96. The third-order valence-corrected chi connectivity index (χ3v) is 5.33. The van der Waals surface area contributed by atoms with Gasteiger partial charge in [0.1, 0.15) is 12.4 Å². The molecule has 1 N–H and O–H groups in total. The molecule has 0 bridgehead atoms. The molecule has 0 saturated carbocycles. The van der Waals surface area contributed by atoms with Crippen molar-refractivity contribution in [2.75, 3.05) is 11.9 Å². The topological polar surface area (TPSA) is 93.0 Å². The quantitative estimate of drug-likeness (QED) is 0.712. The minimum atomic E-state index is -0.275. The normalized spacial score (nSPS) is 16.3. The molecule has 0 radical (unpaired) electrons. The van der Waals surface area contributed by atoms with E-state index in [-0.39, 0.29) is 24.1 Å². The molecule has 8 nitrogen and oxygen atoms in total. The van der Waals surface area contributed by atoms with Crippen LogP contribution in [0.1, 0.15) is 30.3 Å². The maximum Gasteiger partial charge on any atom is 0.267 e. The molecule has 4 heterocycles. The van der Waals surface area contributed by atoms with Crippen molar-refractivity contribution in [1.29, 1.82) is 0 Å². The predicted molar refractivity (Wildman–Crippen MR) is 107 cm³/mol. The maximum atomic E-state index is 12.9. The van der Waals surface area contributed by atoms with Crippen LogP contribution in [0.25, 0.3) is 0 Å². The first-order chi connectivity index (χ1) is 13.6. The van der Waals surface area contributed by atoms with E-state index in [1.165, 1.54) is 22.1 Å². The van der Waals surface area contributed by atoms with Crippen molar-refractivity contribution < 1.29 is 4.79 Å². The summed E-state index contributed by atoms with van der Waals surface area (Å²) in [5.41, 5.74) is 1.26. The first-order valence-electron chi connectivity index (χ1n) is 9.08. The zero-order chi connectivity index (χ0) is 19.5. The second-order valence-corrected chi connectivity index (χ2v) is 7.52. The highest BCUT2D eigenvalue weighted by Gasteiger charge is 2.31. The lowest BCUT2D eigenvalue weighted by atomic mass is 10.1. The second kappa shape index (κ2) is 7.89. The first kappa shape index (κ1) is 18.3. The van der Waals surface area contributed by atoms with Crippen LogP contribution in [-0.4, -0.2) is 37.1 Å². The lowest BCUT2D eigenvalue weighted by Gasteiger charge is -2.24. The van der Waals surface area contributed by atoms with E-state index in [1.807, 2.05) is 23.6 Å². The molecule has 3 aromatic heterocycles. The van der Waals surface area contributed by atoms with Gasteiger partial charge in [0.15, 0.2) is 5.13 Å². The van der Waals surface area contributed by atoms with Crippen LogP contribution < -0.4 is 10.9 Å². The van der Waals surface area contributed by atoms with Crippen molar-refractivity contribution >= 4 is 28.2 Å². The fraction of sp³-hybridized carbons (Fsp3) is 0.316. The predicted octanol–water partition coefficient (Wildman–Crippen LogP) is 2.51. The summed E-state index contributed by atoms with van der Waals surface area (Å²) in [6, 6.07) is 8.71. The van der Waals surface area contributed by atoms with Crippen LogP contribution in [0, 0.1) is 6.92 Å². The largest absolute Gasteiger partial charge is 0.332 e. The summed E-state index contributed by atoms with van der Waals surface area (Å²) in [5.74, 6) is 0.575. The Kier molecular flexibility index (Phi) is 5.16. The van der Waals surface area contributed by atoms with E-state index < -0.39 is 0 Å². The maximum absolute atomic E-state index is 12.9. The van der Waals surface area contributed by atoms with E-state index in [1.54, 1.807) is 24.1 Å². The van der Waals surface area contributed by atoms with Gasteiger partial charge in [-0.15, -0.1) is 11.3 Å². The number of thiazole rings is 1. The average molecular weight is 396 g/mol. The molecule has 28 heavy (non-hydrogen) atoms. The third-order valence-electron chi connectivity index (χ3n) is 4.64. The molecule has 1 aliphatic heterocycles. The van der Waals surface area contributed by atoms with Gasteiger partial charge in [0.25, 0.3) is 5.56 Å². The van der Waals surface area contributed by atoms with Crippen LogP contribution in [0.4, 0.5) is 10.9 Å². The Labute approximate surface area is 165 Å². The van der Waals surface area contributed by atoms with Crippen LogP contribution in [0.3, 0.4) is 0 Å². The SMILES string of the molecule is Cc1ccc(=O)n(CC(=O)N2CCCC2c2cccc(Nc3nccs3)n2)n1. The smallest absolute Gasteiger partial charge is 0.267 e. The summed E-state index contributed by atoms with van der Waals surface area (Å²) in [7, 11) is 0. The number of anilines is 2. The van der Waals surface area contributed by atoms with Gasteiger partial charge in [-0.25, -0.2) is 14.6 Å². The van der Waals surface area contributed by atoms with Gasteiger partial charge >= 0.3 is 0 Å². The van der Waals surface area contributed by atoms with Crippen LogP contribution in [0.2, 0.25) is 0 Å². The van der Waals surface area contributed by atoms with Crippen LogP contribution in [0.5, 0.6) is 0 Å². The average Bonchev–Trinajstić information content (AvgIpc) is 3.37. The minimum absolute atomic E-state index is 0.0614. The Hall–Kier alpha value is -3.07. The van der Waals surface area contributed by atoms with Gasteiger partial charge in [0.2, 0.25) is 5.91 Å². The van der Waals surface area contributed by atoms with Crippen molar-refractivity contribution in [3.8, 4) is 0 Å². The van der Waals surface area contributed by atoms with Gasteiger partial charge in [-0.3, -0.25) is 9.59 Å². The third kappa shape index (κ3) is 3.94. The molecule has 0 spiro atoms. The molecule has 1 unspecified atom stereocenters. The molecule has 1 amide bonds. The number of aryl methyl sites for hydroxylation is 1. The molecule has 3 aromatic rings. The lowest BCUT2D eigenvalue weighted by molar-refractivity contribution is -0.133. The number of pyridine rings is 1. The standard InChI is InChI=1S/C19H20N6O2S/c1-13-7-8-17(26)25(23-13)12-18(27)24-10-3-5-15(24)14-4-2-6-16(21-14)22-19-20-9-11-28-19/h2,4,6-9,11,15H,3,5,10,12H2,1H3,(H,20,21,22). The van der Waals surface area contributed by atoms with Gasteiger partial charge in [-0.2, -0.15) is 5.10 Å². The number of nitrogens with zero attached hydrogens (tertiary/aromatic N) is 5. The summed E-state index contributed by atoms with van der Waals surface area (Å²) in [6.07, 6.45) is 3.48. The number of aromatic nitrogens is 4. The number of rotatable bonds is 5. The van der Waals surface area contributed by atoms with Crippen molar-refractivity contribution in [2.45, 2.75) is 32.4 Å². The Balaban J connectivity index is 1.52. The van der Waals surface area contributed by atoms with E-state index in [2.05, 4.69) is 20.4 Å².